The first-order chi connectivity index (χ1) is 16.1. The third kappa shape index (κ3) is 7.24. The molecule has 2 aromatic carbocycles. The van der Waals surface area contributed by atoms with Crippen LogP contribution < -0.4 is 10.0 Å². The molecule has 3 rings (SSSR count). The number of nitrogens with one attached hydrogen (secondary N) is 2. The van der Waals surface area contributed by atoms with E-state index in [4.69, 9.17) is 0 Å². The minimum Gasteiger partial charge on any atom is -0.336 e. The number of thiophene rings is 1. The lowest BCUT2D eigenvalue weighted by molar-refractivity contribution is -0.133. The van der Waals surface area contributed by atoms with Crippen molar-refractivity contribution < 1.29 is 18.0 Å². The van der Waals surface area contributed by atoms with E-state index >= 15 is 0 Å². The van der Waals surface area contributed by atoms with Gasteiger partial charge in [-0.2, -0.15) is 4.72 Å². The minimum atomic E-state index is -3.93. The number of amides is 2. The Hall–Kier alpha value is -3.01. The van der Waals surface area contributed by atoms with Gasteiger partial charge < -0.3 is 10.2 Å². The number of nitrogens with zero attached hydrogens (tertiary/aromatic N) is 1. The second-order valence-electron chi connectivity index (χ2n) is 8.06. The Balaban J connectivity index is 1.72. The Labute approximate surface area is 204 Å². The molecular weight excluding hydrogens is 470 g/mol. The van der Waals surface area contributed by atoms with Crippen LogP contribution in [-0.2, 0) is 32.6 Å². The van der Waals surface area contributed by atoms with Crippen molar-refractivity contribution in [3.05, 3.63) is 82.0 Å². The summed E-state index contributed by atoms with van der Waals surface area (Å²) in [6.45, 7) is 5.83. The SMILES string of the molecule is CC(=O)Nc1ccc(S(=O)(=O)N[C@@H](C)C(=O)N(CCc2ccccc2)Cc2ccc(C)s2)cc1. The summed E-state index contributed by atoms with van der Waals surface area (Å²) >= 11 is 1.62. The van der Waals surface area contributed by atoms with Gasteiger partial charge in [0.1, 0.15) is 0 Å². The Morgan fingerprint density at radius 1 is 1.00 bits per heavy atom. The highest BCUT2D eigenvalue weighted by Crippen LogP contribution is 2.19. The van der Waals surface area contributed by atoms with Crippen LogP contribution in [-0.4, -0.2) is 37.7 Å². The lowest BCUT2D eigenvalue weighted by Gasteiger charge is -2.26. The molecule has 1 heterocycles. The van der Waals surface area contributed by atoms with Crippen LogP contribution in [0, 0.1) is 6.92 Å². The number of hydrogen-bond acceptors (Lipinski definition) is 5. The van der Waals surface area contributed by atoms with Crippen molar-refractivity contribution in [2.75, 3.05) is 11.9 Å². The van der Waals surface area contributed by atoms with Crippen LogP contribution in [0.1, 0.15) is 29.2 Å². The van der Waals surface area contributed by atoms with Gasteiger partial charge in [-0.1, -0.05) is 30.3 Å². The standard InChI is InChI=1S/C25H29N3O4S2/c1-18-9-12-23(33-18)17-28(16-15-21-7-5-4-6-8-21)25(30)19(2)27-34(31,32)24-13-10-22(11-14-24)26-20(3)29/h4-14,19,27H,15-17H2,1-3H3,(H,26,29)/t19-/m0/s1. The van der Waals surface area contributed by atoms with Gasteiger partial charge in [-0.25, -0.2) is 8.42 Å². The van der Waals surface area contributed by atoms with E-state index in [0.717, 1.165) is 15.3 Å². The van der Waals surface area contributed by atoms with E-state index < -0.39 is 16.1 Å². The molecule has 0 radical (unpaired) electrons. The van der Waals surface area contributed by atoms with E-state index in [9.17, 15) is 18.0 Å². The van der Waals surface area contributed by atoms with Crippen molar-refractivity contribution in [3.8, 4) is 0 Å². The van der Waals surface area contributed by atoms with Gasteiger partial charge in [0.25, 0.3) is 0 Å². The monoisotopic (exact) mass is 499 g/mol. The molecule has 0 bridgehead atoms. The highest BCUT2D eigenvalue weighted by molar-refractivity contribution is 7.89. The summed E-state index contributed by atoms with van der Waals surface area (Å²) in [4.78, 5) is 28.4. The van der Waals surface area contributed by atoms with Crippen molar-refractivity contribution in [3.63, 3.8) is 0 Å². The third-order valence-electron chi connectivity index (χ3n) is 5.15. The molecule has 0 aliphatic carbocycles. The summed E-state index contributed by atoms with van der Waals surface area (Å²) in [7, 11) is -3.93. The summed E-state index contributed by atoms with van der Waals surface area (Å²) in [5.74, 6) is -0.537. The van der Waals surface area contributed by atoms with Crippen LogP contribution in [0.4, 0.5) is 5.69 Å². The number of benzene rings is 2. The molecule has 9 heteroatoms. The second kappa shape index (κ2) is 11.4. The molecule has 2 N–H and O–H groups in total. The van der Waals surface area contributed by atoms with E-state index in [2.05, 4.69) is 10.0 Å². The highest BCUT2D eigenvalue weighted by atomic mass is 32.2. The van der Waals surface area contributed by atoms with Crippen LogP contribution in [0.5, 0.6) is 0 Å². The van der Waals surface area contributed by atoms with E-state index in [1.54, 1.807) is 23.2 Å². The Morgan fingerprint density at radius 3 is 2.26 bits per heavy atom. The van der Waals surface area contributed by atoms with Crippen molar-refractivity contribution in [2.45, 2.75) is 44.7 Å². The molecule has 7 nitrogen and oxygen atoms in total. The normalized spacial score (nSPS) is 12.2. The van der Waals surface area contributed by atoms with Gasteiger partial charge in [0.2, 0.25) is 21.8 Å². The lowest BCUT2D eigenvalue weighted by Crippen LogP contribution is -2.47. The summed E-state index contributed by atoms with van der Waals surface area (Å²) in [6.07, 6.45) is 0.668. The summed E-state index contributed by atoms with van der Waals surface area (Å²) in [5, 5.41) is 2.60. The molecule has 1 atom stereocenters. The number of hydrogen-bond donors (Lipinski definition) is 2. The molecule has 0 aliphatic heterocycles. The van der Waals surface area contributed by atoms with Crippen LogP contribution in [0.25, 0.3) is 0 Å². The van der Waals surface area contributed by atoms with Crippen molar-refractivity contribution in [2.24, 2.45) is 0 Å². The fraction of sp³-hybridized carbons (Fsp3) is 0.280. The summed E-state index contributed by atoms with van der Waals surface area (Å²) in [6, 6.07) is 18.7. The van der Waals surface area contributed by atoms with E-state index in [1.165, 1.54) is 31.2 Å². The van der Waals surface area contributed by atoms with Gasteiger partial charge in [0, 0.05) is 28.9 Å². The van der Waals surface area contributed by atoms with E-state index in [-0.39, 0.29) is 16.7 Å². The number of sulfonamides is 1. The fourth-order valence-corrected chi connectivity index (χ4v) is 5.58. The Bertz CT molecular complexity index is 1220. The predicted molar refractivity (Wildman–Crippen MR) is 135 cm³/mol. The number of carbonyl (C=O) groups excluding carboxylic acids is 2. The molecule has 2 amide bonds. The first kappa shape index (κ1) is 25.6. The molecule has 3 aromatic rings. The van der Waals surface area contributed by atoms with Crippen LogP contribution in [0.2, 0.25) is 0 Å². The second-order valence-corrected chi connectivity index (χ2v) is 11.1. The van der Waals surface area contributed by atoms with Gasteiger partial charge in [-0.05, 0) is 62.2 Å². The maximum atomic E-state index is 13.3. The fourth-order valence-electron chi connectivity index (χ4n) is 3.48. The minimum absolute atomic E-state index is 0.0194. The third-order valence-corrected chi connectivity index (χ3v) is 7.70. The van der Waals surface area contributed by atoms with Crippen LogP contribution >= 0.6 is 11.3 Å². The summed E-state index contributed by atoms with van der Waals surface area (Å²) < 4.78 is 28.3. The topological polar surface area (TPSA) is 95.6 Å². The average Bonchev–Trinajstić information content (AvgIpc) is 3.21. The van der Waals surface area contributed by atoms with Crippen LogP contribution in [0.15, 0.2) is 71.6 Å². The smallest absolute Gasteiger partial charge is 0.241 e. The predicted octanol–water partition coefficient (Wildman–Crippen LogP) is 3.95. The van der Waals surface area contributed by atoms with Crippen molar-refractivity contribution in [1.82, 2.24) is 9.62 Å². The first-order valence-electron chi connectivity index (χ1n) is 10.9. The van der Waals surface area contributed by atoms with Crippen molar-refractivity contribution >= 4 is 38.9 Å². The Kier molecular flexibility index (Phi) is 8.60. The number of rotatable bonds is 10. The molecule has 0 fully saturated rings. The number of carbonyl (C=O) groups is 2. The molecule has 1 aromatic heterocycles. The molecule has 180 valence electrons. The largest absolute Gasteiger partial charge is 0.336 e. The Morgan fingerprint density at radius 2 is 1.68 bits per heavy atom. The van der Waals surface area contributed by atoms with Gasteiger partial charge in [0.05, 0.1) is 17.5 Å². The van der Waals surface area contributed by atoms with Crippen LogP contribution in [0.3, 0.4) is 0 Å². The quantitative estimate of drug-likeness (QED) is 0.442. The van der Waals surface area contributed by atoms with Gasteiger partial charge >= 0.3 is 0 Å². The highest BCUT2D eigenvalue weighted by Gasteiger charge is 2.26. The van der Waals surface area contributed by atoms with Gasteiger partial charge in [0.15, 0.2) is 0 Å². The molecule has 0 spiro atoms. The molecular formula is C25H29N3O4S2. The molecule has 0 unspecified atom stereocenters. The zero-order chi connectivity index (χ0) is 24.7. The average molecular weight is 500 g/mol. The molecule has 0 saturated heterocycles. The number of aryl methyl sites for hydroxylation is 1. The zero-order valence-corrected chi connectivity index (χ0v) is 21.1. The maximum absolute atomic E-state index is 13.3. The van der Waals surface area contributed by atoms with Gasteiger partial charge in [-0.15, -0.1) is 11.3 Å². The summed E-state index contributed by atoms with van der Waals surface area (Å²) in [5.41, 5.74) is 1.60. The first-order valence-corrected chi connectivity index (χ1v) is 13.2. The van der Waals surface area contributed by atoms with Crippen molar-refractivity contribution in [1.29, 1.82) is 0 Å². The van der Waals surface area contributed by atoms with E-state index in [0.29, 0.717) is 25.2 Å². The lowest BCUT2D eigenvalue weighted by atomic mass is 10.1. The number of anilines is 1. The molecule has 0 aliphatic rings. The van der Waals surface area contributed by atoms with E-state index in [1.807, 2.05) is 49.4 Å². The van der Waals surface area contributed by atoms with Gasteiger partial charge in [-0.3, -0.25) is 9.59 Å². The maximum Gasteiger partial charge on any atom is 0.241 e. The zero-order valence-electron chi connectivity index (χ0n) is 19.4. The molecule has 34 heavy (non-hydrogen) atoms. The molecule has 0 saturated carbocycles.